The molecule has 0 saturated heterocycles. The first kappa shape index (κ1) is 12.8. The molecule has 2 rings (SSSR count). The normalized spacial score (nSPS) is 12.2. The maximum absolute atomic E-state index is 12.8. The van der Waals surface area contributed by atoms with Crippen molar-refractivity contribution in [3.63, 3.8) is 0 Å². The van der Waals surface area contributed by atoms with Crippen molar-refractivity contribution in [2.45, 2.75) is 18.0 Å². The number of nitrogens with one attached hydrogen (secondary N) is 1. The van der Waals surface area contributed by atoms with Gasteiger partial charge in [-0.1, -0.05) is 12.1 Å². The van der Waals surface area contributed by atoms with Crippen molar-refractivity contribution in [2.24, 2.45) is 0 Å². The van der Waals surface area contributed by atoms with Crippen molar-refractivity contribution in [1.29, 1.82) is 0 Å². The van der Waals surface area contributed by atoms with Crippen molar-refractivity contribution >= 4 is 17.6 Å². The van der Waals surface area contributed by atoms with Gasteiger partial charge in [0.1, 0.15) is 23.0 Å². The van der Waals surface area contributed by atoms with Gasteiger partial charge in [0.2, 0.25) is 0 Å². The minimum Gasteiger partial charge on any atom is -0.363 e. The first-order valence-corrected chi connectivity index (χ1v) is 6.79. The van der Waals surface area contributed by atoms with E-state index in [0.29, 0.717) is 0 Å². The lowest BCUT2D eigenvalue weighted by Gasteiger charge is -2.15. The molecule has 0 aliphatic heterocycles. The molecule has 0 fully saturated rings. The summed E-state index contributed by atoms with van der Waals surface area (Å²) in [6, 6.07) is 8.41. The van der Waals surface area contributed by atoms with E-state index in [1.807, 2.05) is 19.2 Å². The smallest absolute Gasteiger partial charge is 0.130 e. The van der Waals surface area contributed by atoms with Crippen LogP contribution in [0.3, 0.4) is 0 Å². The van der Waals surface area contributed by atoms with Crippen LogP contribution in [0.4, 0.5) is 10.2 Å². The summed E-state index contributed by atoms with van der Waals surface area (Å²) < 4.78 is 12.8. The van der Waals surface area contributed by atoms with E-state index in [2.05, 4.69) is 15.3 Å². The first-order chi connectivity index (χ1) is 8.69. The molecule has 94 valence electrons. The van der Waals surface area contributed by atoms with E-state index in [9.17, 15) is 4.39 Å². The molecule has 0 amide bonds. The van der Waals surface area contributed by atoms with E-state index in [-0.39, 0.29) is 11.9 Å². The predicted octanol–water partition coefficient (Wildman–Crippen LogP) is 3.51. The molecule has 1 unspecified atom stereocenters. The van der Waals surface area contributed by atoms with Crippen molar-refractivity contribution < 1.29 is 4.39 Å². The number of rotatable bonds is 4. The fourth-order valence-corrected chi connectivity index (χ4v) is 1.97. The lowest BCUT2D eigenvalue weighted by molar-refractivity contribution is 0.626. The number of nitrogens with zero attached hydrogens (tertiary/aromatic N) is 2. The van der Waals surface area contributed by atoms with E-state index < -0.39 is 0 Å². The summed E-state index contributed by atoms with van der Waals surface area (Å²) in [6.45, 7) is 2.01. The molecule has 0 bridgehead atoms. The molecule has 1 N–H and O–H groups in total. The van der Waals surface area contributed by atoms with E-state index in [4.69, 9.17) is 0 Å². The van der Waals surface area contributed by atoms with E-state index in [1.54, 1.807) is 23.9 Å². The highest BCUT2D eigenvalue weighted by Crippen LogP contribution is 2.20. The first-order valence-electron chi connectivity index (χ1n) is 5.57. The summed E-state index contributed by atoms with van der Waals surface area (Å²) in [5.74, 6) is 0.545. The summed E-state index contributed by atoms with van der Waals surface area (Å²) >= 11 is 1.57. The van der Waals surface area contributed by atoms with Gasteiger partial charge in [-0.05, 0) is 30.9 Å². The van der Waals surface area contributed by atoms with E-state index in [1.165, 1.54) is 18.5 Å². The molecule has 0 spiro atoms. The molecule has 1 atom stereocenters. The minimum absolute atomic E-state index is 0.0650. The second kappa shape index (κ2) is 5.82. The zero-order valence-corrected chi connectivity index (χ0v) is 11.0. The second-order valence-electron chi connectivity index (χ2n) is 3.86. The molecule has 0 saturated carbocycles. The Labute approximate surface area is 110 Å². The Bertz CT molecular complexity index is 516. The number of anilines is 1. The number of benzene rings is 1. The minimum atomic E-state index is -0.224. The molecule has 1 aromatic carbocycles. The van der Waals surface area contributed by atoms with Gasteiger partial charge in [-0.15, -0.1) is 11.8 Å². The second-order valence-corrected chi connectivity index (χ2v) is 4.69. The largest absolute Gasteiger partial charge is 0.363 e. The fraction of sp³-hybridized carbons (Fsp3) is 0.231. The molecular formula is C13H14FN3S. The Morgan fingerprint density at radius 2 is 1.94 bits per heavy atom. The van der Waals surface area contributed by atoms with E-state index >= 15 is 0 Å². The van der Waals surface area contributed by atoms with Crippen LogP contribution in [-0.2, 0) is 0 Å². The SMILES string of the molecule is CSc1cc(NC(C)c2ccc(F)cc2)ncn1. The number of thioether (sulfide) groups is 1. The molecule has 3 nitrogen and oxygen atoms in total. The number of hydrogen-bond donors (Lipinski definition) is 1. The molecule has 18 heavy (non-hydrogen) atoms. The summed E-state index contributed by atoms with van der Waals surface area (Å²) in [5.41, 5.74) is 1.01. The van der Waals surface area contributed by atoms with E-state index in [0.717, 1.165) is 16.4 Å². The van der Waals surface area contributed by atoms with Gasteiger partial charge in [0, 0.05) is 12.1 Å². The van der Waals surface area contributed by atoms with Crippen LogP contribution >= 0.6 is 11.8 Å². The summed E-state index contributed by atoms with van der Waals surface area (Å²) in [6.07, 6.45) is 3.50. The molecule has 0 aliphatic rings. The number of hydrogen-bond acceptors (Lipinski definition) is 4. The highest BCUT2D eigenvalue weighted by molar-refractivity contribution is 7.98. The summed E-state index contributed by atoms with van der Waals surface area (Å²) in [5, 5.41) is 4.18. The average Bonchev–Trinajstić information content (AvgIpc) is 2.39. The molecule has 2 aromatic rings. The molecule has 1 heterocycles. The Morgan fingerprint density at radius 1 is 1.22 bits per heavy atom. The molecule has 5 heteroatoms. The average molecular weight is 263 g/mol. The fourth-order valence-electron chi connectivity index (χ4n) is 1.59. The Balaban J connectivity index is 2.10. The van der Waals surface area contributed by atoms with Gasteiger partial charge in [0.25, 0.3) is 0 Å². The molecular weight excluding hydrogens is 249 g/mol. The van der Waals surface area contributed by atoms with Gasteiger partial charge < -0.3 is 5.32 Å². The van der Waals surface area contributed by atoms with Crippen LogP contribution in [0, 0.1) is 5.82 Å². The van der Waals surface area contributed by atoms with Gasteiger partial charge in [-0.2, -0.15) is 0 Å². The highest BCUT2D eigenvalue weighted by atomic mass is 32.2. The zero-order chi connectivity index (χ0) is 13.0. The zero-order valence-electron chi connectivity index (χ0n) is 10.2. The maximum atomic E-state index is 12.8. The van der Waals surface area contributed by atoms with Gasteiger partial charge >= 0.3 is 0 Å². The third-order valence-electron chi connectivity index (χ3n) is 2.59. The van der Waals surface area contributed by atoms with Crippen LogP contribution in [0.2, 0.25) is 0 Å². The third kappa shape index (κ3) is 3.20. The van der Waals surface area contributed by atoms with Crippen LogP contribution in [0.1, 0.15) is 18.5 Å². The van der Waals surface area contributed by atoms with Gasteiger partial charge in [-0.25, -0.2) is 14.4 Å². The quantitative estimate of drug-likeness (QED) is 0.676. The number of halogens is 1. The van der Waals surface area contributed by atoms with Gasteiger partial charge in [-0.3, -0.25) is 0 Å². The van der Waals surface area contributed by atoms with Crippen molar-refractivity contribution in [3.8, 4) is 0 Å². The van der Waals surface area contributed by atoms with Crippen molar-refractivity contribution in [2.75, 3.05) is 11.6 Å². The van der Waals surface area contributed by atoms with Crippen molar-refractivity contribution in [1.82, 2.24) is 9.97 Å². The van der Waals surface area contributed by atoms with Crippen LogP contribution in [0.25, 0.3) is 0 Å². The van der Waals surface area contributed by atoms with Crippen LogP contribution in [-0.4, -0.2) is 16.2 Å². The highest BCUT2D eigenvalue weighted by Gasteiger charge is 2.06. The lowest BCUT2D eigenvalue weighted by Crippen LogP contribution is -2.08. The molecule has 0 radical (unpaired) electrons. The topological polar surface area (TPSA) is 37.8 Å². The third-order valence-corrected chi connectivity index (χ3v) is 3.23. The summed E-state index contributed by atoms with van der Waals surface area (Å²) in [4.78, 5) is 8.27. The molecule has 1 aromatic heterocycles. The van der Waals surface area contributed by atoms with Crippen LogP contribution in [0.5, 0.6) is 0 Å². The van der Waals surface area contributed by atoms with Crippen molar-refractivity contribution in [3.05, 3.63) is 48.0 Å². The Kier molecular flexibility index (Phi) is 4.15. The monoisotopic (exact) mass is 263 g/mol. The Morgan fingerprint density at radius 3 is 2.61 bits per heavy atom. The van der Waals surface area contributed by atoms with Crippen LogP contribution < -0.4 is 5.32 Å². The Hall–Kier alpha value is -1.62. The molecule has 0 aliphatic carbocycles. The maximum Gasteiger partial charge on any atom is 0.130 e. The standard InChI is InChI=1S/C13H14FN3S/c1-9(10-3-5-11(14)6-4-10)17-12-7-13(18-2)16-8-15-12/h3-9H,1-2H3,(H,15,16,17). The number of aromatic nitrogens is 2. The van der Waals surface area contributed by atoms with Gasteiger partial charge in [0.15, 0.2) is 0 Å². The predicted molar refractivity (Wildman–Crippen MR) is 72.3 cm³/mol. The van der Waals surface area contributed by atoms with Gasteiger partial charge in [0.05, 0.1) is 0 Å². The lowest BCUT2D eigenvalue weighted by atomic mass is 10.1. The van der Waals surface area contributed by atoms with Crippen LogP contribution in [0.15, 0.2) is 41.7 Å². The summed E-state index contributed by atoms with van der Waals surface area (Å²) in [7, 11) is 0.